The molecule has 0 saturated carbocycles. The Morgan fingerprint density at radius 3 is 2.80 bits per heavy atom. The van der Waals surface area contributed by atoms with Crippen LogP contribution in [0.25, 0.3) is 11.3 Å². The first kappa shape index (κ1) is 20.6. The third-order valence-corrected chi connectivity index (χ3v) is 7.54. The molecule has 1 N–H and O–H groups in total. The molecule has 1 amide bonds. The zero-order chi connectivity index (χ0) is 21.5. The quantitative estimate of drug-likeness (QED) is 0.467. The lowest BCUT2D eigenvalue weighted by Crippen LogP contribution is -2.31. The summed E-state index contributed by atoms with van der Waals surface area (Å²) in [6.45, 7) is 1.88. The summed E-state index contributed by atoms with van der Waals surface area (Å²) in [5, 5.41) is 3.67. The molecule has 1 aliphatic heterocycles. The number of halogens is 1. The summed E-state index contributed by atoms with van der Waals surface area (Å²) in [4.78, 5) is 21.0. The van der Waals surface area contributed by atoms with Crippen LogP contribution in [0, 0.1) is 6.92 Å². The molecule has 0 radical (unpaired) electrons. The maximum atomic E-state index is 12.8. The van der Waals surface area contributed by atoms with Gasteiger partial charge in [-0.25, -0.2) is 18.4 Å². The van der Waals surface area contributed by atoms with Gasteiger partial charge in [-0.15, -0.1) is 0 Å². The molecule has 0 saturated heterocycles. The first-order valence-electron chi connectivity index (χ1n) is 8.91. The van der Waals surface area contributed by atoms with E-state index in [1.807, 2.05) is 25.1 Å². The Morgan fingerprint density at radius 1 is 1.23 bits per heavy atom. The van der Waals surface area contributed by atoms with Crippen molar-refractivity contribution in [1.82, 2.24) is 9.97 Å². The molecule has 2 aromatic carbocycles. The highest BCUT2D eigenvalue weighted by molar-refractivity contribution is 7.99. The highest BCUT2D eigenvalue weighted by Crippen LogP contribution is 2.41. The van der Waals surface area contributed by atoms with Crippen molar-refractivity contribution in [3.63, 3.8) is 0 Å². The van der Waals surface area contributed by atoms with Crippen molar-refractivity contribution in [1.29, 1.82) is 0 Å². The molecular weight excluding hydrogens is 444 g/mol. The van der Waals surface area contributed by atoms with Crippen LogP contribution in [0.3, 0.4) is 0 Å². The number of thioether (sulfide) groups is 1. The number of sulfonamides is 1. The number of carbonyl (C=O) groups is 1. The number of aryl methyl sites for hydroxylation is 1. The number of fused-ring (bicyclic) bond motifs is 3. The summed E-state index contributed by atoms with van der Waals surface area (Å²) in [5.41, 5.74) is 3.13. The number of nitrogens with zero attached hydrogens (tertiary/aromatic N) is 3. The maximum Gasteiger partial charge on any atom is 0.267 e. The number of amides is 1. The SMILES string of the molecule is Cc1ccc(Cl)cc1NC(=O)CSc1ncc2c(n1)-c1ccccc1N(C)S2(=O)=O. The standard InChI is InChI=1S/C20H17ClN4O3S2/c1-12-7-8-13(21)9-15(12)23-18(26)11-29-20-22-10-17-19(24-20)14-5-3-4-6-16(14)25(2)30(17,27)28/h3-10H,11H2,1-2H3,(H,23,26). The molecule has 0 atom stereocenters. The molecular formula is C20H17ClN4O3S2. The van der Waals surface area contributed by atoms with Gasteiger partial charge in [-0.1, -0.05) is 47.6 Å². The summed E-state index contributed by atoms with van der Waals surface area (Å²) in [6.07, 6.45) is 1.30. The van der Waals surface area contributed by atoms with E-state index >= 15 is 0 Å². The Labute approximate surface area is 183 Å². The van der Waals surface area contributed by atoms with Crippen LogP contribution in [0.2, 0.25) is 5.02 Å². The van der Waals surface area contributed by atoms with Crippen molar-refractivity contribution in [3.8, 4) is 11.3 Å². The predicted molar refractivity (Wildman–Crippen MR) is 119 cm³/mol. The van der Waals surface area contributed by atoms with Crippen molar-refractivity contribution in [2.45, 2.75) is 17.0 Å². The van der Waals surface area contributed by atoms with Gasteiger partial charge in [-0.05, 0) is 30.7 Å². The number of anilines is 2. The molecule has 1 aliphatic rings. The fourth-order valence-electron chi connectivity index (χ4n) is 3.08. The first-order valence-corrected chi connectivity index (χ1v) is 11.7. The molecule has 0 fully saturated rings. The van der Waals surface area contributed by atoms with Gasteiger partial charge >= 0.3 is 0 Å². The minimum atomic E-state index is -3.72. The normalized spacial score (nSPS) is 14.0. The van der Waals surface area contributed by atoms with Crippen LogP contribution < -0.4 is 9.62 Å². The van der Waals surface area contributed by atoms with E-state index in [1.165, 1.54) is 17.5 Å². The molecule has 2 heterocycles. The summed E-state index contributed by atoms with van der Waals surface area (Å²) in [6, 6.07) is 12.4. The van der Waals surface area contributed by atoms with Crippen molar-refractivity contribution in [3.05, 3.63) is 59.2 Å². The first-order chi connectivity index (χ1) is 14.3. The van der Waals surface area contributed by atoms with Crippen molar-refractivity contribution in [2.24, 2.45) is 0 Å². The van der Waals surface area contributed by atoms with Gasteiger partial charge in [-0.2, -0.15) is 0 Å². The summed E-state index contributed by atoms with van der Waals surface area (Å²) >= 11 is 7.12. The number of rotatable bonds is 4. The van der Waals surface area contributed by atoms with Gasteiger partial charge in [0, 0.05) is 23.3 Å². The number of nitrogens with one attached hydrogen (secondary N) is 1. The lowest BCUT2D eigenvalue weighted by Gasteiger charge is -2.28. The number of hydrogen-bond donors (Lipinski definition) is 1. The molecule has 4 rings (SSSR count). The summed E-state index contributed by atoms with van der Waals surface area (Å²) in [5.74, 6) is -0.168. The van der Waals surface area contributed by atoms with Crippen LogP contribution in [-0.2, 0) is 14.8 Å². The zero-order valence-corrected chi connectivity index (χ0v) is 18.5. The largest absolute Gasteiger partial charge is 0.325 e. The topological polar surface area (TPSA) is 92.3 Å². The van der Waals surface area contributed by atoms with Crippen LogP contribution in [0.5, 0.6) is 0 Å². The molecule has 0 unspecified atom stereocenters. The van der Waals surface area contributed by atoms with Crippen molar-refractivity contribution < 1.29 is 13.2 Å². The average Bonchev–Trinajstić information content (AvgIpc) is 2.73. The number of aromatic nitrogens is 2. The molecule has 0 aliphatic carbocycles. The smallest absolute Gasteiger partial charge is 0.267 e. The van der Waals surface area contributed by atoms with Gasteiger partial charge in [0.05, 0.1) is 23.3 Å². The second kappa shape index (κ2) is 7.90. The van der Waals surface area contributed by atoms with Crippen molar-refractivity contribution in [2.75, 3.05) is 22.4 Å². The van der Waals surface area contributed by atoms with Gasteiger partial charge in [0.25, 0.3) is 10.0 Å². The van der Waals surface area contributed by atoms with Crippen LogP contribution in [0.1, 0.15) is 5.56 Å². The van der Waals surface area contributed by atoms with Gasteiger partial charge in [0.15, 0.2) is 5.16 Å². The Balaban J connectivity index is 1.57. The zero-order valence-electron chi connectivity index (χ0n) is 16.1. The van der Waals surface area contributed by atoms with E-state index < -0.39 is 10.0 Å². The van der Waals surface area contributed by atoms with E-state index in [9.17, 15) is 13.2 Å². The second-order valence-electron chi connectivity index (χ2n) is 6.65. The number of para-hydroxylation sites is 1. The van der Waals surface area contributed by atoms with Crippen LogP contribution in [0.4, 0.5) is 11.4 Å². The van der Waals surface area contributed by atoms with Crippen LogP contribution in [-0.4, -0.2) is 37.1 Å². The lowest BCUT2D eigenvalue weighted by atomic mass is 10.1. The van der Waals surface area contributed by atoms with E-state index in [-0.39, 0.29) is 16.6 Å². The second-order valence-corrected chi connectivity index (χ2v) is 9.97. The molecule has 7 nitrogen and oxygen atoms in total. The van der Waals surface area contributed by atoms with Gasteiger partial charge in [-0.3, -0.25) is 9.10 Å². The third-order valence-electron chi connectivity index (χ3n) is 4.68. The minimum absolute atomic E-state index is 0.0482. The van der Waals surface area contributed by atoms with E-state index in [0.717, 1.165) is 17.3 Å². The highest BCUT2D eigenvalue weighted by Gasteiger charge is 2.34. The Bertz CT molecular complexity index is 1260. The summed E-state index contributed by atoms with van der Waals surface area (Å²) < 4.78 is 26.8. The highest BCUT2D eigenvalue weighted by atomic mass is 35.5. The Morgan fingerprint density at radius 2 is 2.00 bits per heavy atom. The Hall–Kier alpha value is -2.62. The molecule has 0 spiro atoms. The monoisotopic (exact) mass is 460 g/mol. The summed E-state index contributed by atoms with van der Waals surface area (Å²) in [7, 11) is -2.22. The average molecular weight is 461 g/mol. The lowest BCUT2D eigenvalue weighted by molar-refractivity contribution is -0.113. The predicted octanol–water partition coefficient (Wildman–Crippen LogP) is 3.97. The molecule has 1 aromatic heterocycles. The molecule has 30 heavy (non-hydrogen) atoms. The fraction of sp³-hybridized carbons (Fsp3) is 0.150. The number of benzene rings is 2. The molecule has 154 valence electrons. The fourth-order valence-corrected chi connectivity index (χ4v) is 5.16. The van der Waals surface area contributed by atoms with Gasteiger partial charge in [0.2, 0.25) is 5.91 Å². The molecule has 3 aromatic rings. The van der Waals surface area contributed by atoms with E-state index in [2.05, 4.69) is 15.3 Å². The molecule has 0 bridgehead atoms. The van der Waals surface area contributed by atoms with Gasteiger partial charge in [0.1, 0.15) is 4.90 Å². The van der Waals surface area contributed by atoms with Crippen LogP contribution >= 0.6 is 23.4 Å². The van der Waals surface area contributed by atoms with E-state index in [1.54, 1.807) is 24.3 Å². The van der Waals surface area contributed by atoms with E-state index in [0.29, 0.717) is 32.8 Å². The maximum absolute atomic E-state index is 12.8. The van der Waals surface area contributed by atoms with E-state index in [4.69, 9.17) is 11.6 Å². The van der Waals surface area contributed by atoms with Gasteiger partial charge < -0.3 is 5.32 Å². The minimum Gasteiger partial charge on any atom is -0.325 e. The van der Waals surface area contributed by atoms with Crippen molar-refractivity contribution >= 4 is 50.7 Å². The molecule has 10 heteroatoms. The third kappa shape index (κ3) is 3.76. The van der Waals surface area contributed by atoms with Crippen LogP contribution in [0.15, 0.2) is 58.7 Å². The number of carbonyl (C=O) groups excluding carboxylic acids is 1. The Kier molecular flexibility index (Phi) is 5.44. The number of hydrogen-bond acceptors (Lipinski definition) is 6.